The summed E-state index contributed by atoms with van der Waals surface area (Å²) in [7, 11) is -3.86. The van der Waals surface area contributed by atoms with Gasteiger partial charge in [-0.2, -0.15) is 4.72 Å². The molecule has 0 radical (unpaired) electrons. The number of halogens is 1. The summed E-state index contributed by atoms with van der Waals surface area (Å²) in [5.74, 6) is -0.380. The molecule has 0 spiro atoms. The fourth-order valence-corrected chi connectivity index (χ4v) is 4.62. The van der Waals surface area contributed by atoms with E-state index in [4.69, 9.17) is 0 Å². The Labute approximate surface area is 192 Å². The molecule has 7 heteroatoms. The Hall–Kier alpha value is -2.48. The summed E-state index contributed by atoms with van der Waals surface area (Å²) in [5.41, 5.74) is 2.75. The van der Waals surface area contributed by atoms with Crippen LogP contribution in [0.3, 0.4) is 0 Å². The molecule has 0 saturated heterocycles. The third kappa shape index (κ3) is 6.50. The molecular weight excluding hydrogens is 476 g/mol. The maximum absolute atomic E-state index is 13.1. The Morgan fingerprint density at radius 1 is 0.935 bits per heavy atom. The molecule has 2 atom stereocenters. The van der Waals surface area contributed by atoms with Crippen LogP contribution in [0.5, 0.6) is 0 Å². The number of amides is 1. The van der Waals surface area contributed by atoms with E-state index in [0.29, 0.717) is 0 Å². The summed E-state index contributed by atoms with van der Waals surface area (Å²) in [6, 6.07) is 22.3. The van der Waals surface area contributed by atoms with E-state index < -0.39 is 16.1 Å². The number of carbonyl (C=O) groups excluding carboxylic acids is 1. The van der Waals surface area contributed by atoms with Gasteiger partial charge in [-0.3, -0.25) is 4.79 Å². The van der Waals surface area contributed by atoms with Crippen molar-refractivity contribution >= 4 is 31.9 Å². The summed E-state index contributed by atoms with van der Waals surface area (Å²) in [4.78, 5) is 13.2. The zero-order chi connectivity index (χ0) is 22.4. The first-order valence-corrected chi connectivity index (χ1v) is 12.2. The largest absolute Gasteiger partial charge is 0.348 e. The predicted molar refractivity (Wildman–Crippen MR) is 126 cm³/mol. The molecule has 0 aliphatic heterocycles. The summed E-state index contributed by atoms with van der Waals surface area (Å²) < 4.78 is 29.4. The average molecular weight is 501 g/mol. The maximum atomic E-state index is 13.1. The van der Waals surface area contributed by atoms with Crippen LogP contribution in [0.4, 0.5) is 0 Å². The van der Waals surface area contributed by atoms with Crippen molar-refractivity contribution in [2.75, 3.05) is 0 Å². The van der Waals surface area contributed by atoms with Crippen LogP contribution in [0.1, 0.15) is 29.7 Å². The van der Waals surface area contributed by atoms with Gasteiger partial charge in [0.1, 0.15) is 6.04 Å². The molecule has 3 aromatic carbocycles. The van der Waals surface area contributed by atoms with Gasteiger partial charge < -0.3 is 5.32 Å². The highest BCUT2D eigenvalue weighted by molar-refractivity contribution is 9.10. The predicted octanol–water partition coefficient (Wildman–Crippen LogP) is 4.52. The number of carbonyl (C=O) groups is 1. The zero-order valence-electron chi connectivity index (χ0n) is 17.4. The highest BCUT2D eigenvalue weighted by atomic mass is 79.9. The molecule has 0 fully saturated rings. The fourth-order valence-electron chi connectivity index (χ4n) is 3.16. The van der Waals surface area contributed by atoms with Crippen LogP contribution in [0, 0.1) is 6.92 Å². The number of benzene rings is 3. The maximum Gasteiger partial charge on any atom is 0.241 e. The molecule has 0 bridgehead atoms. The van der Waals surface area contributed by atoms with E-state index in [1.54, 1.807) is 24.3 Å². The summed E-state index contributed by atoms with van der Waals surface area (Å²) in [5, 5.41) is 2.94. The zero-order valence-corrected chi connectivity index (χ0v) is 19.8. The fraction of sp³-hybridized carbons (Fsp3) is 0.208. The van der Waals surface area contributed by atoms with Gasteiger partial charge in [-0.15, -0.1) is 0 Å². The van der Waals surface area contributed by atoms with E-state index in [9.17, 15) is 13.2 Å². The summed E-state index contributed by atoms with van der Waals surface area (Å²) in [6.45, 7) is 3.76. The number of nitrogens with one attached hydrogen (secondary N) is 2. The van der Waals surface area contributed by atoms with Crippen LogP contribution >= 0.6 is 15.9 Å². The van der Waals surface area contributed by atoms with Gasteiger partial charge in [0.05, 0.1) is 10.9 Å². The van der Waals surface area contributed by atoms with Gasteiger partial charge in [-0.05, 0) is 55.7 Å². The lowest BCUT2D eigenvalue weighted by Gasteiger charge is -2.22. The van der Waals surface area contributed by atoms with Gasteiger partial charge in [0, 0.05) is 4.47 Å². The van der Waals surface area contributed by atoms with Crippen LogP contribution in [-0.4, -0.2) is 20.4 Å². The first-order valence-electron chi connectivity index (χ1n) is 9.93. The Bertz CT molecular complexity index is 1120. The molecule has 0 unspecified atom stereocenters. The third-order valence-electron chi connectivity index (χ3n) is 4.96. The molecule has 0 aliphatic rings. The van der Waals surface area contributed by atoms with E-state index >= 15 is 0 Å². The van der Waals surface area contributed by atoms with Crippen molar-refractivity contribution in [1.82, 2.24) is 10.0 Å². The van der Waals surface area contributed by atoms with E-state index in [0.717, 1.165) is 21.2 Å². The van der Waals surface area contributed by atoms with Crippen LogP contribution in [0.15, 0.2) is 88.2 Å². The van der Waals surface area contributed by atoms with Crippen molar-refractivity contribution in [1.29, 1.82) is 0 Å². The van der Waals surface area contributed by atoms with Gasteiger partial charge in [0.15, 0.2) is 0 Å². The van der Waals surface area contributed by atoms with E-state index in [1.807, 2.05) is 68.4 Å². The number of hydrogen-bond acceptors (Lipinski definition) is 3. The number of aryl methyl sites for hydroxylation is 1. The van der Waals surface area contributed by atoms with Gasteiger partial charge >= 0.3 is 0 Å². The summed E-state index contributed by atoms with van der Waals surface area (Å²) in [6.07, 6.45) is 0.241. The van der Waals surface area contributed by atoms with Crippen molar-refractivity contribution in [3.05, 3.63) is 100 Å². The smallest absolute Gasteiger partial charge is 0.241 e. The van der Waals surface area contributed by atoms with Crippen molar-refractivity contribution < 1.29 is 13.2 Å². The molecule has 0 heterocycles. The first-order chi connectivity index (χ1) is 14.7. The molecule has 0 saturated carbocycles. The number of sulfonamides is 1. The first kappa shape index (κ1) is 23.2. The molecule has 1 amide bonds. The van der Waals surface area contributed by atoms with Crippen LogP contribution in [0.2, 0.25) is 0 Å². The molecule has 162 valence electrons. The molecule has 2 N–H and O–H groups in total. The molecular formula is C24H25BrN2O3S. The average Bonchev–Trinajstić information content (AvgIpc) is 2.74. The van der Waals surface area contributed by atoms with Crippen molar-refractivity contribution in [3.8, 4) is 0 Å². The van der Waals surface area contributed by atoms with Crippen molar-refractivity contribution in [2.45, 2.75) is 37.2 Å². The molecule has 0 aliphatic carbocycles. The second-order valence-electron chi connectivity index (χ2n) is 7.46. The minimum Gasteiger partial charge on any atom is -0.348 e. The highest BCUT2D eigenvalue weighted by Gasteiger charge is 2.27. The molecule has 3 rings (SSSR count). The molecule has 0 aromatic heterocycles. The Kier molecular flexibility index (Phi) is 7.64. The Morgan fingerprint density at radius 3 is 2.16 bits per heavy atom. The SMILES string of the molecule is Cc1ccc(S(=O)(=O)N[C@@H](Cc2ccccc2)C(=O)N[C@H](C)c2ccc(Br)cc2)cc1. The summed E-state index contributed by atoms with van der Waals surface area (Å²) >= 11 is 3.40. The van der Waals surface area contributed by atoms with Crippen molar-refractivity contribution in [3.63, 3.8) is 0 Å². The molecule has 31 heavy (non-hydrogen) atoms. The second-order valence-corrected chi connectivity index (χ2v) is 10.1. The van der Waals surface area contributed by atoms with Crippen molar-refractivity contribution in [2.24, 2.45) is 0 Å². The van der Waals surface area contributed by atoms with Crippen LogP contribution < -0.4 is 10.0 Å². The molecule has 3 aromatic rings. The number of rotatable bonds is 8. The normalized spacial score (nSPS) is 13.4. The minimum absolute atomic E-state index is 0.130. The van der Waals surface area contributed by atoms with Crippen LogP contribution in [-0.2, 0) is 21.2 Å². The Morgan fingerprint density at radius 2 is 1.55 bits per heavy atom. The minimum atomic E-state index is -3.86. The Balaban J connectivity index is 1.82. The lowest BCUT2D eigenvalue weighted by Crippen LogP contribution is -2.48. The van der Waals surface area contributed by atoms with Gasteiger partial charge in [-0.1, -0.05) is 76.1 Å². The lowest BCUT2D eigenvalue weighted by molar-refractivity contribution is -0.123. The van der Waals surface area contributed by atoms with E-state index in [2.05, 4.69) is 26.0 Å². The van der Waals surface area contributed by atoms with E-state index in [-0.39, 0.29) is 23.3 Å². The monoisotopic (exact) mass is 500 g/mol. The van der Waals surface area contributed by atoms with E-state index in [1.165, 1.54) is 0 Å². The quantitative estimate of drug-likeness (QED) is 0.477. The molecule has 5 nitrogen and oxygen atoms in total. The highest BCUT2D eigenvalue weighted by Crippen LogP contribution is 2.18. The second kappa shape index (κ2) is 10.2. The third-order valence-corrected chi connectivity index (χ3v) is 6.97. The van der Waals surface area contributed by atoms with Crippen LogP contribution in [0.25, 0.3) is 0 Å². The standard InChI is InChI=1S/C24H25BrN2O3S/c1-17-8-14-22(15-9-17)31(29,30)27-23(16-19-6-4-3-5-7-19)24(28)26-18(2)20-10-12-21(25)13-11-20/h3-15,18,23,27H,16H2,1-2H3,(H,26,28)/t18-,23+/m1/s1. The lowest BCUT2D eigenvalue weighted by atomic mass is 10.0. The van der Waals surface area contributed by atoms with Gasteiger partial charge in [0.25, 0.3) is 0 Å². The van der Waals surface area contributed by atoms with Gasteiger partial charge in [0.2, 0.25) is 15.9 Å². The number of hydrogen-bond donors (Lipinski definition) is 2. The van der Waals surface area contributed by atoms with Gasteiger partial charge in [-0.25, -0.2) is 8.42 Å². The topological polar surface area (TPSA) is 75.3 Å².